The van der Waals surface area contributed by atoms with Crippen LogP contribution >= 0.6 is 0 Å². The van der Waals surface area contributed by atoms with E-state index in [4.69, 9.17) is 4.74 Å². The fourth-order valence-corrected chi connectivity index (χ4v) is 3.81. The summed E-state index contributed by atoms with van der Waals surface area (Å²) in [5.74, 6) is -3.10. The number of ether oxygens (including phenoxy) is 1. The van der Waals surface area contributed by atoms with Crippen molar-refractivity contribution < 1.29 is 18.3 Å². The Morgan fingerprint density at radius 3 is 1.78 bits per heavy atom. The first kappa shape index (κ1) is 17.2. The summed E-state index contributed by atoms with van der Waals surface area (Å²) in [5.41, 5.74) is 0.231. The van der Waals surface area contributed by atoms with Crippen molar-refractivity contribution >= 4 is 11.8 Å². The van der Waals surface area contributed by atoms with Crippen LogP contribution in [0, 0.1) is 0 Å². The summed E-state index contributed by atoms with van der Waals surface area (Å²) in [7, 11) is 1.18. The highest BCUT2D eigenvalue weighted by Crippen LogP contribution is 2.55. The Hall–Kier alpha value is -3.27. The molecule has 27 heavy (non-hydrogen) atoms. The second-order valence-electron chi connectivity index (χ2n) is 6.33. The average Bonchev–Trinajstić information content (AvgIpc) is 3.04. The molecule has 0 atom stereocenters. The molecule has 0 unspecified atom stereocenters. The molecule has 0 fully saturated rings. The zero-order valence-corrected chi connectivity index (χ0v) is 14.6. The zero-order valence-electron chi connectivity index (χ0n) is 14.6. The number of carbonyl (C=O) groups excluding carboxylic acids is 1. The van der Waals surface area contributed by atoms with E-state index in [1.807, 2.05) is 0 Å². The molecule has 134 valence electrons. The maximum absolute atomic E-state index is 15.8. The Morgan fingerprint density at radius 1 is 0.778 bits per heavy atom. The van der Waals surface area contributed by atoms with Gasteiger partial charge in [-0.25, -0.2) is 8.78 Å². The van der Waals surface area contributed by atoms with Crippen LogP contribution in [-0.2, 0) is 14.9 Å². The lowest BCUT2D eigenvalue weighted by Gasteiger charge is -2.27. The van der Waals surface area contributed by atoms with E-state index in [1.165, 1.54) is 19.2 Å². The van der Waals surface area contributed by atoms with E-state index < -0.39 is 23.0 Å². The number of methoxy groups -OCH3 is 1. The summed E-state index contributed by atoms with van der Waals surface area (Å²) in [6.07, 6.45) is 0. The molecular weight excluding hydrogens is 346 g/mol. The molecular formula is C23H16F2O2. The van der Waals surface area contributed by atoms with E-state index in [2.05, 4.69) is 0 Å². The van der Waals surface area contributed by atoms with Crippen LogP contribution in [0.1, 0.15) is 16.7 Å². The van der Waals surface area contributed by atoms with Crippen LogP contribution in [0.2, 0.25) is 0 Å². The van der Waals surface area contributed by atoms with Crippen LogP contribution in [-0.4, -0.2) is 13.1 Å². The second-order valence-corrected chi connectivity index (χ2v) is 6.33. The van der Waals surface area contributed by atoms with Gasteiger partial charge in [0, 0.05) is 5.56 Å². The van der Waals surface area contributed by atoms with Crippen molar-refractivity contribution in [3.63, 3.8) is 0 Å². The van der Waals surface area contributed by atoms with Crippen LogP contribution in [0.4, 0.5) is 8.78 Å². The molecule has 4 rings (SSSR count). The largest absolute Gasteiger partial charge is 0.468 e. The first-order valence-corrected chi connectivity index (χ1v) is 8.51. The number of carbonyl (C=O) groups is 1. The molecule has 0 bridgehead atoms. The molecule has 0 heterocycles. The smallest absolute Gasteiger partial charge is 0.327 e. The van der Waals surface area contributed by atoms with Crippen LogP contribution in [0.25, 0.3) is 17.0 Å². The predicted octanol–water partition coefficient (Wildman–Crippen LogP) is 5.43. The second kappa shape index (κ2) is 6.47. The van der Waals surface area contributed by atoms with Gasteiger partial charge in [0.1, 0.15) is 0 Å². The summed E-state index contributed by atoms with van der Waals surface area (Å²) in [5, 5.41) is 0. The van der Waals surface area contributed by atoms with Gasteiger partial charge in [0.25, 0.3) is 0 Å². The van der Waals surface area contributed by atoms with E-state index in [9.17, 15) is 4.79 Å². The minimum Gasteiger partial charge on any atom is -0.468 e. The van der Waals surface area contributed by atoms with Crippen molar-refractivity contribution in [3.05, 3.63) is 101 Å². The maximum Gasteiger partial charge on any atom is 0.327 e. The van der Waals surface area contributed by atoms with Gasteiger partial charge in [0.2, 0.25) is 0 Å². The van der Waals surface area contributed by atoms with Crippen LogP contribution in [0.5, 0.6) is 0 Å². The first-order valence-electron chi connectivity index (χ1n) is 8.51. The van der Waals surface area contributed by atoms with E-state index in [-0.39, 0.29) is 5.56 Å². The molecule has 0 saturated heterocycles. The van der Waals surface area contributed by atoms with E-state index >= 15 is 8.78 Å². The van der Waals surface area contributed by atoms with Crippen molar-refractivity contribution in [1.82, 2.24) is 0 Å². The topological polar surface area (TPSA) is 26.3 Å². The van der Waals surface area contributed by atoms with Crippen LogP contribution in [0.15, 0.2) is 84.7 Å². The molecule has 0 N–H and O–H groups in total. The number of esters is 1. The van der Waals surface area contributed by atoms with Gasteiger partial charge >= 0.3 is 5.97 Å². The average molecular weight is 362 g/mol. The van der Waals surface area contributed by atoms with E-state index in [0.717, 1.165) is 0 Å². The Morgan fingerprint density at radius 2 is 1.26 bits per heavy atom. The molecule has 4 heteroatoms. The molecule has 3 aromatic rings. The van der Waals surface area contributed by atoms with Crippen LogP contribution in [0.3, 0.4) is 0 Å². The predicted molar refractivity (Wildman–Crippen MR) is 100 cm³/mol. The van der Waals surface area contributed by atoms with Crippen molar-refractivity contribution in [2.75, 3.05) is 7.11 Å². The highest BCUT2D eigenvalue weighted by Gasteiger charge is 2.55. The number of hydrogen-bond acceptors (Lipinski definition) is 2. The Kier molecular flexibility index (Phi) is 4.11. The van der Waals surface area contributed by atoms with Gasteiger partial charge in [-0.3, -0.25) is 4.79 Å². The van der Waals surface area contributed by atoms with Gasteiger partial charge in [-0.05, 0) is 22.3 Å². The third-order valence-corrected chi connectivity index (χ3v) is 4.99. The normalized spacial score (nSPS) is 14.8. The van der Waals surface area contributed by atoms with Crippen molar-refractivity contribution in [1.29, 1.82) is 0 Å². The lowest BCUT2D eigenvalue weighted by molar-refractivity contribution is -0.144. The number of hydrogen-bond donors (Lipinski definition) is 0. The maximum atomic E-state index is 15.8. The molecule has 2 nitrogen and oxygen atoms in total. The molecule has 0 radical (unpaired) electrons. The molecule has 0 saturated carbocycles. The quantitative estimate of drug-likeness (QED) is 0.581. The molecule has 0 aromatic heterocycles. The van der Waals surface area contributed by atoms with E-state index in [1.54, 1.807) is 66.7 Å². The standard InChI is InChI=1S/C23H16F2O2/c1-27-22(26)23(21(25)20(24)15-9-3-2-4-10-15)18-13-7-5-11-16(18)17-12-6-8-14-19(17)23/h2-14H,1H3/b21-20+. The summed E-state index contributed by atoms with van der Waals surface area (Å²) >= 11 is 0. The van der Waals surface area contributed by atoms with E-state index in [0.29, 0.717) is 22.3 Å². The lowest BCUT2D eigenvalue weighted by atomic mass is 9.76. The van der Waals surface area contributed by atoms with Crippen molar-refractivity contribution in [2.45, 2.75) is 5.41 Å². The summed E-state index contributed by atoms with van der Waals surface area (Å²) in [4.78, 5) is 13.0. The number of halogens is 2. The third-order valence-electron chi connectivity index (χ3n) is 4.99. The highest BCUT2D eigenvalue weighted by molar-refractivity contribution is 6.02. The lowest BCUT2D eigenvalue weighted by Crippen LogP contribution is -2.37. The summed E-state index contributed by atoms with van der Waals surface area (Å²) < 4.78 is 36.0. The minimum atomic E-state index is -1.97. The fourth-order valence-electron chi connectivity index (χ4n) is 3.81. The third kappa shape index (κ3) is 2.33. The minimum absolute atomic E-state index is 0.0696. The monoisotopic (exact) mass is 362 g/mol. The SMILES string of the molecule is COC(=O)C1(/C(F)=C(\F)c2ccccc2)c2ccccc2-c2ccccc21. The fraction of sp³-hybridized carbons (Fsp3) is 0.0870. The van der Waals surface area contributed by atoms with Crippen molar-refractivity contribution in [3.8, 4) is 11.1 Å². The molecule has 0 aliphatic heterocycles. The highest BCUT2D eigenvalue weighted by atomic mass is 19.2. The number of rotatable bonds is 3. The van der Waals surface area contributed by atoms with Gasteiger partial charge in [-0.1, -0.05) is 78.9 Å². The molecule has 0 amide bonds. The van der Waals surface area contributed by atoms with Gasteiger partial charge in [0.05, 0.1) is 7.11 Å². The van der Waals surface area contributed by atoms with Gasteiger partial charge in [0.15, 0.2) is 17.1 Å². The first-order chi connectivity index (χ1) is 13.1. The molecule has 1 aliphatic rings. The summed E-state index contributed by atoms with van der Waals surface area (Å²) in [6, 6.07) is 21.8. The van der Waals surface area contributed by atoms with Crippen molar-refractivity contribution in [2.24, 2.45) is 0 Å². The molecule has 0 spiro atoms. The summed E-state index contributed by atoms with van der Waals surface area (Å²) in [6.45, 7) is 0. The van der Waals surface area contributed by atoms with Crippen LogP contribution < -0.4 is 0 Å². The number of benzene rings is 3. The molecule has 1 aliphatic carbocycles. The van der Waals surface area contributed by atoms with Gasteiger partial charge in [-0.15, -0.1) is 0 Å². The Labute approximate surface area is 155 Å². The Balaban J connectivity index is 2.11. The van der Waals surface area contributed by atoms with Gasteiger partial charge in [-0.2, -0.15) is 0 Å². The molecule has 3 aromatic carbocycles. The number of fused-ring (bicyclic) bond motifs is 3. The van der Waals surface area contributed by atoms with Gasteiger partial charge < -0.3 is 4.74 Å². The Bertz CT molecular complexity index is 1010. The zero-order chi connectivity index (χ0) is 19.0.